The van der Waals surface area contributed by atoms with Crippen LogP contribution in [0.5, 0.6) is 0 Å². The zero-order chi connectivity index (χ0) is 11.6. The van der Waals surface area contributed by atoms with Crippen LogP contribution in [0.2, 0.25) is 0 Å². The first-order chi connectivity index (χ1) is 7.79. The standard InChI is InChI=1S/C14H24N2/c1-16(2)13-7-6-11-15-12-10-14-8-4-3-5-9-14/h3-5,8-9,15H,6-7,10-13H2,1-2H3. The zero-order valence-electron chi connectivity index (χ0n) is 10.6. The molecule has 0 aliphatic heterocycles. The van der Waals surface area contributed by atoms with Gasteiger partial charge in [0.1, 0.15) is 0 Å². The molecule has 0 saturated heterocycles. The number of nitrogens with zero attached hydrogens (tertiary/aromatic N) is 1. The quantitative estimate of drug-likeness (QED) is 0.675. The fraction of sp³-hybridized carbons (Fsp3) is 0.571. The van der Waals surface area contributed by atoms with Crippen LogP contribution in [0, 0.1) is 0 Å². The lowest BCUT2D eigenvalue weighted by molar-refractivity contribution is 0.392. The third-order valence-corrected chi connectivity index (χ3v) is 2.64. The molecule has 1 rings (SSSR count). The summed E-state index contributed by atoms with van der Waals surface area (Å²) in [6.45, 7) is 3.42. The summed E-state index contributed by atoms with van der Waals surface area (Å²) in [5, 5.41) is 3.49. The van der Waals surface area contributed by atoms with Gasteiger partial charge >= 0.3 is 0 Å². The molecule has 1 N–H and O–H groups in total. The molecule has 0 aliphatic rings. The average molecular weight is 220 g/mol. The van der Waals surface area contributed by atoms with E-state index in [4.69, 9.17) is 0 Å². The molecule has 0 aromatic heterocycles. The van der Waals surface area contributed by atoms with E-state index in [0.29, 0.717) is 0 Å². The van der Waals surface area contributed by atoms with Crippen molar-refractivity contribution in [2.45, 2.75) is 19.3 Å². The molecule has 1 aromatic carbocycles. The smallest absolute Gasteiger partial charge is 0.000835 e. The van der Waals surface area contributed by atoms with Crippen LogP contribution < -0.4 is 5.32 Å². The van der Waals surface area contributed by atoms with Gasteiger partial charge in [0.15, 0.2) is 0 Å². The molecule has 0 aliphatic carbocycles. The highest BCUT2D eigenvalue weighted by Gasteiger charge is 1.93. The van der Waals surface area contributed by atoms with Crippen LogP contribution in [0.4, 0.5) is 0 Å². The molecule has 1 aromatic rings. The van der Waals surface area contributed by atoms with Crippen molar-refractivity contribution in [1.29, 1.82) is 0 Å². The minimum atomic E-state index is 1.09. The van der Waals surface area contributed by atoms with E-state index < -0.39 is 0 Å². The van der Waals surface area contributed by atoms with Crippen molar-refractivity contribution in [1.82, 2.24) is 10.2 Å². The number of nitrogens with one attached hydrogen (secondary N) is 1. The normalized spacial score (nSPS) is 10.9. The number of benzene rings is 1. The van der Waals surface area contributed by atoms with Gasteiger partial charge in [0.05, 0.1) is 0 Å². The highest BCUT2D eigenvalue weighted by Crippen LogP contribution is 1.98. The SMILES string of the molecule is CN(C)CCCCNCCc1ccccc1. The second-order valence-corrected chi connectivity index (χ2v) is 4.50. The van der Waals surface area contributed by atoms with Gasteiger partial charge in [0, 0.05) is 0 Å². The lowest BCUT2D eigenvalue weighted by Gasteiger charge is -2.09. The number of hydrogen-bond donors (Lipinski definition) is 1. The zero-order valence-corrected chi connectivity index (χ0v) is 10.6. The van der Waals surface area contributed by atoms with Gasteiger partial charge in [-0.1, -0.05) is 30.3 Å². The molecule has 0 fully saturated rings. The predicted octanol–water partition coefficient (Wildman–Crippen LogP) is 2.16. The second-order valence-electron chi connectivity index (χ2n) is 4.50. The Morgan fingerprint density at radius 2 is 1.75 bits per heavy atom. The van der Waals surface area contributed by atoms with E-state index in [1.54, 1.807) is 0 Å². The maximum atomic E-state index is 3.49. The van der Waals surface area contributed by atoms with Crippen molar-refractivity contribution in [2.24, 2.45) is 0 Å². The van der Waals surface area contributed by atoms with Crippen LogP contribution in [-0.2, 0) is 6.42 Å². The Bertz CT molecular complexity index is 257. The lowest BCUT2D eigenvalue weighted by Crippen LogP contribution is -2.20. The summed E-state index contributed by atoms with van der Waals surface area (Å²) >= 11 is 0. The van der Waals surface area contributed by atoms with Crippen molar-refractivity contribution in [2.75, 3.05) is 33.7 Å². The number of rotatable bonds is 8. The third kappa shape index (κ3) is 6.59. The van der Waals surface area contributed by atoms with Crippen LogP contribution >= 0.6 is 0 Å². The van der Waals surface area contributed by atoms with Gasteiger partial charge in [0.2, 0.25) is 0 Å². The Balaban J connectivity index is 1.93. The summed E-state index contributed by atoms with van der Waals surface area (Å²) in [7, 11) is 4.26. The third-order valence-electron chi connectivity index (χ3n) is 2.64. The summed E-state index contributed by atoms with van der Waals surface area (Å²) in [4.78, 5) is 2.24. The van der Waals surface area contributed by atoms with E-state index in [1.807, 2.05) is 0 Å². The molecule has 0 heterocycles. The Kier molecular flexibility index (Phi) is 6.86. The molecule has 0 bridgehead atoms. The highest BCUT2D eigenvalue weighted by atomic mass is 15.0. The van der Waals surface area contributed by atoms with E-state index >= 15 is 0 Å². The van der Waals surface area contributed by atoms with Crippen LogP contribution in [0.3, 0.4) is 0 Å². The van der Waals surface area contributed by atoms with Gasteiger partial charge in [0.25, 0.3) is 0 Å². The topological polar surface area (TPSA) is 15.3 Å². The van der Waals surface area contributed by atoms with E-state index in [-0.39, 0.29) is 0 Å². The average Bonchev–Trinajstić information content (AvgIpc) is 2.29. The first-order valence-electron chi connectivity index (χ1n) is 6.18. The first-order valence-corrected chi connectivity index (χ1v) is 6.18. The van der Waals surface area contributed by atoms with E-state index in [0.717, 1.165) is 19.5 Å². The lowest BCUT2D eigenvalue weighted by atomic mass is 10.1. The Labute approximate surface area is 99.7 Å². The van der Waals surface area contributed by atoms with Crippen LogP contribution in [0.15, 0.2) is 30.3 Å². The number of hydrogen-bond acceptors (Lipinski definition) is 2. The second kappa shape index (κ2) is 8.31. The minimum Gasteiger partial charge on any atom is -0.316 e. The molecule has 2 heteroatoms. The molecular formula is C14H24N2. The first kappa shape index (κ1) is 13.2. The summed E-state index contributed by atoms with van der Waals surface area (Å²) in [6.07, 6.45) is 3.69. The molecule has 0 amide bonds. The van der Waals surface area contributed by atoms with E-state index in [1.165, 1.54) is 24.9 Å². The molecule has 2 nitrogen and oxygen atoms in total. The van der Waals surface area contributed by atoms with Crippen LogP contribution in [-0.4, -0.2) is 38.6 Å². The molecule has 0 spiro atoms. The van der Waals surface area contributed by atoms with E-state index in [2.05, 4.69) is 54.6 Å². The minimum absolute atomic E-state index is 1.09. The van der Waals surface area contributed by atoms with Crippen molar-refractivity contribution < 1.29 is 0 Å². The van der Waals surface area contributed by atoms with Crippen molar-refractivity contribution in [3.63, 3.8) is 0 Å². The molecule has 90 valence electrons. The van der Waals surface area contributed by atoms with Gasteiger partial charge in [-0.3, -0.25) is 0 Å². The fourth-order valence-electron chi connectivity index (χ4n) is 1.68. The molecule has 0 unspecified atom stereocenters. The van der Waals surface area contributed by atoms with Crippen LogP contribution in [0.1, 0.15) is 18.4 Å². The van der Waals surface area contributed by atoms with Crippen molar-refractivity contribution >= 4 is 0 Å². The Morgan fingerprint density at radius 1 is 1.00 bits per heavy atom. The molecule has 0 radical (unpaired) electrons. The maximum Gasteiger partial charge on any atom is -0.000835 e. The van der Waals surface area contributed by atoms with Gasteiger partial charge in [-0.2, -0.15) is 0 Å². The maximum absolute atomic E-state index is 3.49. The summed E-state index contributed by atoms with van der Waals surface area (Å²) in [5.74, 6) is 0. The fourth-order valence-corrected chi connectivity index (χ4v) is 1.68. The van der Waals surface area contributed by atoms with E-state index in [9.17, 15) is 0 Å². The van der Waals surface area contributed by atoms with Gasteiger partial charge in [-0.05, 0) is 58.6 Å². The van der Waals surface area contributed by atoms with Gasteiger partial charge < -0.3 is 10.2 Å². The Morgan fingerprint density at radius 3 is 2.44 bits per heavy atom. The molecule has 16 heavy (non-hydrogen) atoms. The summed E-state index contributed by atoms with van der Waals surface area (Å²) < 4.78 is 0. The summed E-state index contributed by atoms with van der Waals surface area (Å²) in [6, 6.07) is 10.7. The highest BCUT2D eigenvalue weighted by molar-refractivity contribution is 5.14. The molecular weight excluding hydrogens is 196 g/mol. The Hall–Kier alpha value is -0.860. The predicted molar refractivity (Wildman–Crippen MR) is 70.8 cm³/mol. The summed E-state index contributed by atoms with van der Waals surface area (Å²) in [5.41, 5.74) is 1.42. The monoisotopic (exact) mass is 220 g/mol. The molecule has 0 atom stereocenters. The van der Waals surface area contributed by atoms with Crippen molar-refractivity contribution in [3.05, 3.63) is 35.9 Å². The molecule has 0 saturated carbocycles. The number of unbranched alkanes of at least 4 members (excludes halogenated alkanes) is 1. The van der Waals surface area contributed by atoms with Crippen molar-refractivity contribution in [3.8, 4) is 0 Å². The van der Waals surface area contributed by atoms with Gasteiger partial charge in [-0.25, -0.2) is 0 Å². The van der Waals surface area contributed by atoms with Gasteiger partial charge in [-0.15, -0.1) is 0 Å². The van der Waals surface area contributed by atoms with Crippen LogP contribution in [0.25, 0.3) is 0 Å². The largest absolute Gasteiger partial charge is 0.316 e.